The maximum Gasteiger partial charge on any atom is 0.289 e. The molecular weight excluding hydrogens is 380 g/mol. The number of fused-ring (bicyclic) bond motifs is 1. The molecule has 2 N–H and O–H groups in total. The Labute approximate surface area is 175 Å². The summed E-state index contributed by atoms with van der Waals surface area (Å²) in [5, 5.41) is 9.85. The second-order valence-electron chi connectivity index (χ2n) is 8.34. The Morgan fingerprint density at radius 3 is 2.63 bits per heavy atom. The summed E-state index contributed by atoms with van der Waals surface area (Å²) in [6.07, 6.45) is 5.10. The van der Waals surface area contributed by atoms with Crippen LogP contribution in [0.25, 0.3) is 11.0 Å². The number of hydrogen-bond acceptors (Lipinski definition) is 6. The molecule has 2 aliphatic heterocycles. The number of benzene rings is 1. The Hall–Kier alpha value is -3.00. The van der Waals surface area contributed by atoms with Crippen LogP contribution in [0.1, 0.15) is 42.0 Å². The molecule has 1 unspecified atom stereocenters. The van der Waals surface area contributed by atoms with E-state index in [4.69, 9.17) is 0 Å². The Morgan fingerprint density at radius 1 is 1.17 bits per heavy atom. The lowest BCUT2D eigenvalue weighted by Gasteiger charge is -2.40. The van der Waals surface area contributed by atoms with Crippen molar-refractivity contribution in [2.75, 3.05) is 31.1 Å². The smallest absolute Gasteiger partial charge is 0.289 e. The number of imidazole rings is 1. The first-order valence-electron chi connectivity index (χ1n) is 10.6. The molecule has 2 fully saturated rings. The fraction of sp³-hybridized carbons (Fsp3) is 0.455. The van der Waals surface area contributed by atoms with Gasteiger partial charge in [-0.2, -0.15) is 0 Å². The molecule has 30 heavy (non-hydrogen) atoms. The summed E-state index contributed by atoms with van der Waals surface area (Å²) >= 11 is 0. The molecule has 0 saturated carbocycles. The minimum Gasteiger partial charge on any atom is -0.393 e. The summed E-state index contributed by atoms with van der Waals surface area (Å²) in [5.41, 5.74) is 2.63. The van der Waals surface area contributed by atoms with Crippen molar-refractivity contribution >= 4 is 22.8 Å². The average Bonchev–Trinajstić information content (AvgIpc) is 3.17. The second kappa shape index (κ2) is 7.68. The van der Waals surface area contributed by atoms with Gasteiger partial charge in [0, 0.05) is 44.5 Å². The van der Waals surface area contributed by atoms with Gasteiger partial charge < -0.3 is 19.9 Å². The molecule has 2 aromatic heterocycles. The zero-order valence-corrected chi connectivity index (χ0v) is 17.0. The summed E-state index contributed by atoms with van der Waals surface area (Å²) < 4.78 is 0. The topological polar surface area (TPSA) is 98.2 Å². The molecule has 2 saturated heterocycles. The van der Waals surface area contributed by atoms with E-state index in [1.165, 1.54) is 0 Å². The average molecular weight is 406 g/mol. The largest absolute Gasteiger partial charge is 0.393 e. The molecule has 8 heteroatoms. The van der Waals surface area contributed by atoms with Gasteiger partial charge >= 0.3 is 0 Å². The number of anilines is 1. The molecule has 156 valence electrons. The maximum atomic E-state index is 12.8. The molecule has 4 heterocycles. The van der Waals surface area contributed by atoms with E-state index in [1.807, 2.05) is 31.2 Å². The normalized spacial score (nSPS) is 19.1. The Kier molecular flexibility index (Phi) is 4.86. The third-order valence-corrected chi connectivity index (χ3v) is 6.37. The van der Waals surface area contributed by atoms with Crippen LogP contribution in [0.4, 0.5) is 5.82 Å². The molecule has 1 aromatic carbocycles. The summed E-state index contributed by atoms with van der Waals surface area (Å²) in [7, 11) is 0. The van der Waals surface area contributed by atoms with Crippen molar-refractivity contribution < 1.29 is 9.90 Å². The Morgan fingerprint density at radius 2 is 1.90 bits per heavy atom. The van der Waals surface area contributed by atoms with Crippen LogP contribution in [0.3, 0.4) is 0 Å². The zero-order valence-electron chi connectivity index (χ0n) is 17.0. The van der Waals surface area contributed by atoms with Crippen LogP contribution in [0, 0.1) is 5.92 Å². The Bertz CT molecular complexity index is 1020. The first kappa shape index (κ1) is 19.0. The van der Waals surface area contributed by atoms with E-state index >= 15 is 0 Å². The molecule has 0 aliphatic carbocycles. The van der Waals surface area contributed by atoms with Crippen LogP contribution in [-0.2, 0) is 0 Å². The van der Waals surface area contributed by atoms with Crippen LogP contribution >= 0.6 is 0 Å². The molecule has 1 atom stereocenters. The number of piperidine rings is 1. The predicted octanol–water partition coefficient (Wildman–Crippen LogP) is 2.19. The summed E-state index contributed by atoms with van der Waals surface area (Å²) in [6.45, 7) is 4.85. The van der Waals surface area contributed by atoms with Crippen molar-refractivity contribution in [1.82, 2.24) is 24.8 Å². The molecule has 0 spiro atoms. The molecule has 0 bridgehead atoms. The Balaban J connectivity index is 1.27. The van der Waals surface area contributed by atoms with Crippen molar-refractivity contribution in [1.29, 1.82) is 0 Å². The van der Waals surface area contributed by atoms with Crippen molar-refractivity contribution in [3.63, 3.8) is 0 Å². The second-order valence-corrected chi connectivity index (χ2v) is 8.34. The molecule has 0 radical (unpaired) electrons. The lowest BCUT2D eigenvalue weighted by molar-refractivity contribution is 0.0587. The lowest BCUT2D eigenvalue weighted by atomic mass is 9.91. The highest BCUT2D eigenvalue weighted by atomic mass is 16.3. The number of aliphatic hydroxyl groups excluding tert-OH is 1. The van der Waals surface area contributed by atoms with Gasteiger partial charge in [-0.3, -0.25) is 9.78 Å². The predicted molar refractivity (Wildman–Crippen MR) is 113 cm³/mol. The minimum atomic E-state index is -0.266. The van der Waals surface area contributed by atoms with Crippen LogP contribution in [-0.4, -0.2) is 68.1 Å². The van der Waals surface area contributed by atoms with Gasteiger partial charge in [-0.25, -0.2) is 9.97 Å². The quantitative estimate of drug-likeness (QED) is 0.689. The van der Waals surface area contributed by atoms with Crippen LogP contribution in [0.5, 0.6) is 0 Å². The number of nitrogens with one attached hydrogen (secondary N) is 1. The van der Waals surface area contributed by atoms with Gasteiger partial charge in [0.1, 0.15) is 0 Å². The number of rotatable bonds is 4. The van der Waals surface area contributed by atoms with E-state index in [9.17, 15) is 9.90 Å². The van der Waals surface area contributed by atoms with Crippen molar-refractivity contribution in [3.05, 3.63) is 48.2 Å². The summed E-state index contributed by atoms with van der Waals surface area (Å²) in [6, 6.07) is 7.66. The fourth-order valence-electron chi connectivity index (χ4n) is 4.49. The number of aromatic nitrogens is 4. The molecular formula is C22H26N6O2. The number of hydrogen-bond donors (Lipinski definition) is 2. The van der Waals surface area contributed by atoms with Crippen LogP contribution < -0.4 is 4.90 Å². The van der Waals surface area contributed by atoms with Gasteiger partial charge in [0.2, 0.25) is 0 Å². The van der Waals surface area contributed by atoms with Gasteiger partial charge in [0.15, 0.2) is 11.6 Å². The zero-order chi connectivity index (χ0) is 20.7. The number of aliphatic hydroxyl groups is 1. The molecule has 8 nitrogen and oxygen atoms in total. The van der Waals surface area contributed by atoms with Gasteiger partial charge in [0.25, 0.3) is 5.91 Å². The molecule has 1 amide bonds. The van der Waals surface area contributed by atoms with Gasteiger partial charge in [-0.05, 0) is 37.8 Å². The van der Waals surface area contributed by atoms with Crippen LogP contribution in [0.2, 0.25) is 0 Å². The minimum absolute atomic E-state index is 0.0781. The van der Waals surface area contributed by atoms with Gasteiger partial charge in [-0.1, -0.05) is 12.1 Å². The lowest BCUT2D eigenvalue weighted by Crippen LogP contribution is -2.49. The van der Waals surface area contributed by atoms with E-state index < -0.39 is 0 Å². The number of H-pyrrole nitrogens is 1. The third-order valence-electron chi connectivity index (χ3n) is 6.37. The van der Waals surface area contributed by atoms with E-state index in [0.29, 0.717) is 24.8 Å². The summed E-state index contributed by atoms with van der Waals surface area (Å²) in [4.78, 5) is 33.7. The van der Waals surface area contributed by atoms with E-state index in [0.717, 1.165) is 48.5 Å². The monoisotopic (exact) mass is 406 g/mol. The highest BCUT2D eigenvalue weighted by molar-refractivity contribution is 5.94. The highest BCUT2D eigenvalue weighted by Gasteiger charge is 2.37. The highest BCUT2D eigenvalue weighted by Crippen LogP contribution is 2.34. The number of carbonyl (C=O) groups is 1. The SMILES string of the molecule is CC(O)C1CCN(c2nccnc2C2CN(C(=O)c3nc4ccccc4[nH]3)C2)CC1. The van der Waals surface area contributed by atoms with Crippen molar-refractivity contribution in [2.45, 2.75) is 31.8 Å². The molecule has 3 aromatic rings. The number of carbonyl (C=O) groups excluding carboxylic acids is 1. The number of aromatic amines is 1. The maximum absolute atomic E-state index is 12.8. The summed E-state index contributed by atoms with van der Waals surface area (Å²) in [5.74, 6) is 1.75. The van der Waals surface area contributed by atoms with Crippen LogP contribution in [0.15, 0.2) is 36.7 Å². The first-order valence-corrected chi connectivity index (χ1v) is 10.6. The van der Waals surface area contributed by atoms with Gasteiger partial charge in [0.05, 0.1) is 22.8 Å². The standard InChI is InChI=1S/C22H26N6O2/c1-14(29)15-6-10-27(11-7-15)21-19(23-8-9-24-21)16-12-28(13-16)22(30)20-25-17-4-2-3-5-18(17)26-20/h2-5,8-9,14-16,29H,6-7,10-13H2,1H3,(H,25,26). The number of likely N-dealkylation sites (tertiary alicyclic amines) is 1. The molecule has 5 rings (SSSR count). The number of amides is 1. The number of para-hydroxylation sites is 2. The molecule has 2 aliphatic rings. The van der Waals surface area contributed by atoms with Crippen molar-refractivity contribution in [2.24, 2.45) is 5.92 Å². The van der Waals surface area contributed by atoms with Gasteiger partial charge in [-0.15, -0.1) is 0 Å². The number of nitrogens with zero attached hydrogens (tertiary/aromatic N) is 5. The first-order chi connectivity index (χ1) is 14.6. The van der Waals surface area contributed by atoms with Crippen molar-refractivity contribution in [3.8, 4) is 0 Å². The van der Waals surface area contributed by atoms with E-state index in [-0.39, 0.29) is 17.9 Å². The van der Waals surface area contributed by atoms with E-state index in [2.05, 4.69) is 24.8 Å². The van der Waals surface area contributed by atoms with E-state index in [1.54, 1.807) is 17.3 Å². The fourth-order valence-corrected chi connectivity index (χ4v) is 4.49. The third kappa shape index (κ3) is 3.41.